The number of benzene rings is 1. The van der Waals surface area contributed by atoms with Gasteiger partial charge in [-0.2, -0.15) is 9.13 Å². The zero-order valence-corrected chi connectivity index (χ0v) is 23.5. The van der Waals surface area contributed by atoms with E-state index in [-0.39, 0.29) is 0 Å². The Bertz CT molecular complexity index is 1810. The second-order valence-corrected chi connectivity index (χ2v) is 12.7. The molecule has 0 fully saturated rings. The van der Waals surface area contributed by atoms with Crippen LogP contribution < -0.4 is 9.13 Å². The monoisotopic (exact) mass is 527 g/mol. The molecule has 0 saturated heterocycles. The van der Waals surface area contributed by atoms with Gasteiger partial charge in [0.15, 0.2) is 24.6 Å². The average Bonchev–Trinajstić information content (AvgIpc) is 3.35. The lowest BCUT2D eigenvalue weighted by Crippen LogP contribution is -2.48. The van der Waals surface area contributed by atoms with Crippen molar-refractivity contribution in [2.24, 2.45) is 0 Å². The molecular formula is C35H33N3S+2. The molecule has 4 heteroatoms. The minimum absolute atomic E-state index is 0.325. The molecule has 0 bridgehead atoms. The number of fused-ring (bicyclic) bond motifs is 13. The molecular weight excluding hydrogens is 494 g/mol. The highest BCUT2D eigenvalue weighted by molar-refractivity contribution is 7.19. The third kappa shape index (κ3) is 3.57. The van der Waals surface area contributed by atoms with Crippen LogP contribution in [-0.4, -0.2) is 4.98 Å². The number of aromatic nitrogens is 3. The van der Waals surface area contributed by atoms with Crippen molar-refractivity contribution in [3.05, 3.63) is 106 Å². The van der Waals surface area contributed by atoms with Crippen LogP contribution in [0.5, 0.6) is 0 Å². The van der Waals surface area contributed by atoms with E-state index in [1.807, 2.05) is 11.3 Å². The summed E-state index contributed by atoms with van der Waals surface area (Å²) in [7, 11) is 0. The Labute approximate surface area is 234 Å². The van der Waals surface area contributed by atoms with Gasteiger partial charge in [-0.3, -0.25) is 4.98 Å². The number of pyridine rings is 3. The van der Waals surface area contributed by atoms with Gasteiger partial charge in [-0.1, -0.05) is 18.2 Å². The fourth-order valence-electron chi connectivity index (χ4n) is 7.24. The lowest BCUT2D eigenvalue weighted by molar-refractivity contribution is -0.718. The van der Waals surface area contributed by atoms with Crippen LogP contribution >= 0.6 is 11.3 Å². The van der Waals surface area contributed by atoms with E-state index < -0.39 is 0 Å². The SMILES string of the molecule is Cc1cc2[n+](cc1C)/C=C/CC1c3ccccc3-c3cccc[n+]3C1Cc1cnc3c4c(sc3c1-2)CCCC4. The van der Waals surface area contributed by atoms with Gasteiger partial charge >= 0.3 is 0 Å². The fourth-order valence-corrected chi connectivity index (χ4v) is 8.67. The molecule has 3 nitrogen and oxygen atoms in total. The maximum atomic E-state index is 5.22. The van der Waals surface area contributed by atoms with Crippen molar-refractivity contribution < 1.29 is 9.13 Å². The van der Waals surface area contributed by atoms with E-state index >= 15 is 0 Å². The van der Waals surface area contributed by atoms with Crippen molar-refractivity contribution in [1.29, 1.82) is 0 Å². The van der Waals surface area contributed by atoms with Crippen LogP contribution in [0.2, 0.25) is 0 Å². The Morgan fingerprint density at radius 2 is 1.82 bits per heavy atom. The molecule has 0 radical (unpaired) electrons. The van der Waals surface area contributed by atoms with Gasteiger partial charge in [-0.05, 0) is 86.4 Å². The molecule has 3 aliphatic rings. The number of nitrogens with zero attached hydrogens (tertiary/aromatic N) is 3. The largest absolute Gasteiger partial charge is 0.255 e. The van der Waals surface area contributed by atoms with Crippen molar-refractivity contribution >= 4 is 27.8 Å². The third-order valence-electron chi connectivity index (χ3n) is 9.32. The number of hydrogen-bond acceptors (Lipinski definition) is 2. The van der Waals surface area contributed by atoms with Gasteiger partial charge in [0.2, 0.25) is 11.4 Å². The molecule has 2 unspecified atom stereocenters. The minimum atomic E-state index is 0.325. The van der Waals surface area contributed by atoms with Gasteiger partial charge in [0.05, 0.1) is 21.7 Å². The molecule has 2 aliphatic heterocycles. The van der Waals surface area contributed by atoms with Crippen LogP contribution in [0.1, 0.15) is 63.9 Å². The predicted octanol–water partition coefficient (Wildman–Crippen LogP) is 7.46. The number of thiophene rings is 1. The van der Waals surface area contributed by atoms with Crippen molar-refractivity contribution in [2.75, 3.05) is 0 Å². The Morgan fingerprint density at radius 1 is 0.949 bits per heavy atom. The van der Waals surface area contributed by atoms with Crippen LogP contribution in [0.3, 0.4) is 0 Å². The molecule has 0 N–H and O–H groups in total. The number of rotatable bonds is 0. The van der Waals surface area contributed by atoms with Gasteiger partial charge in [0.25, 0.3) is 0 Å². The smallest absolute Gasteiger partial charge is 0.219 e. The summed E-state index contributed by atoms with van der Waals surface area (Å²) in [5, 5.41) is 0. The summed E-state index contributed by atoms with van der Waals surface area (Å²) < 4.78 is 6.32. The summed E-state index contributed by atoms with van der Waals surface area (Å²) in [4.78, 5) is 6.78. The average molecular weight is 528 g/mol. The standard InChI is InChI=1S/C35H33N3S/c1-22-18-31-33-24(20-36-34-28-12-5-6-15-32(28)39-35(33)34)19-30-27(13-9-16-37(31)21-23(22)2)25-10-3-4-11-26(25)29-14-7-8-17-38(29)30/h3-4,7-11,14,16-18,20-21,27,30H,5-6,12-13,15,19H2,1-2H3/q+2/b16-9+. The van der Waals surface area contributed by atoms with E-state index in [1.54, 1.807) is 4.88 Å². The van der Waals surface area contributed by atoms with Crippen LogP contribution in [-0.2, 0) is 19.3 Å². The lowest BCUT2D eigenvalue weighted by Gasteiger charge is -2.30. The molecule has 1 aromatic carbocycles. The van der Waals surface area contributed by atoms with Crippen molar-refractivity contribution in [3.63, 3.8) is 0 Å². The molecule has 0 amide bonds. The molecule has 4 aromatic heterocycles. The van der Waals surface area contributed by atoms with Crippen LogP contribution in [0, 0.1) is 13.8 Å². The summed E-state index contributed by atoms with van der Waals surface area (Å²) in [5.74, 6) is 0.395. The zero-order chi connectivity index (χ0) is 26.1. The van der Waals surface area contributed by atoms with E-state index in [0.717, 1.165) is 12.8 Å². The second-order valence-electron chi connectivity index (χ2n) is 11.6. The summed E-state index contributed by atoms with van der Waals surface area (Å²) in [6.45, 7) is 4.47. The first-order chi connectivity index (χ1) is 19.2. The molecule has 6 heterocycles. The molecule has 0 spiro atoms. The summed E-state index contributed by atoms with van der Waals surface area (Å²) >= 11 is 2.01. The first-order valence-electron chi connectivity index (χ1n) is 14.4. The quantitative estimate of drug-likeness (QED) is 0.192. The van der Waals surface area contributed by atoms with E-state index in [1.165, 1.54) is 86.2 Å². The van der Waals surface area contributed by atoms with E-state index in [9.17, 15) is 0 Å². The molecule has 2 atom stereocenters. The summed E-state index contributed by atoms with van der Waals surface area (Å²) in [6.07, 6.45) is 18.5. The second kappa shape index (κ2) is 8.96. The highest BCUT2D eigenvalue weighted by Crippen LogP contribution is 2.45. The van der Waals surface area contributed by atoms with E-state index in [2.05, 4.69) is 102 Å². The Kier molecular flexibility index (Phi) is 5.34. The highest BCUT2D eigenvalue weighted by Gasteiger charge is 2.41. The molecule has 39 heavy (non-hydrogen) atoms. The van der Waals surface area contributed by atoms with Crippen molar-refractivity contribution in [2.45, 2.75) is 64.3 Å². The topological polar surface area (TPSA) is 20.6 Å². The van der Waals surface area contributed by atoms with Crippen LogP contribution in [0.25, 0.3) is 38.9 Å². The number of allylic oxidation sites excluding steroid dienone is 1. The van der Waals surface area contributed by atoms with Crippen molar-refractivity contribution in [3.8, 4) is 22.5 Å². The van der Waals surface area contributed by atoms with Gasteiger partial charge < -0.3 is 0 Å². The summed E-state index contributed by atoms with van der Waals surface area (Å²) in [6, 6.07) is 18.4. The molecule has 0 saturated carbocycles. The maximum Gasteiger partial charge on any atom is 0.219 e. The molecule has 192 valence electrons. The van der Waals surface area contributed by atoms with Crippen LogP contribution in [0.4, 0.5) is 0 Å². The van der Waals surface area contributed by atoms with Gasteiger partial charge in [-0.25, -0.2) is 0 Å². The molecule has 8 rings (SSSR count). The normalized spacial score (nSPS) is 20.2. The first kappa shape index (κ1) is 23.3. The Hall–Kier alpha value is -3.63. The van der Waals surface area contributed by atoms with Gasteiger partial charge in [0, 0.05) is 46.8 Å². The van der Waals surface area contributed by atoms with Crippen LogP contribution in [0.15, 0.2) is 73.2 Å². The van der Waals surface area contributed by atoms with Crippen molar-refractivity contribution in [1.82, 2.24) is 4.98 Å². The Morgan fingerprint density at radius 3 is 2.77 bits per heavy atom. The summed E-state index contributed by atoms with van der Waals surface area (Å²) in [5.41, 5.74) is 13.6. The fraction of sp³-hybridized carbons (Fsp3) is 0.286. The highest BCUT2D eigenvalue weighted by atomic mass is 32.1. The minimum Gasteiger partial charge on any atom is -0.255 e. The first-order valence-corrected chi connectivity index (χ1v) is 15.2. The van der Waals surface area contributed by atoms with E-state index in [0.29, 0.717) is 12.0 Å². The van der Waals surface area contributed by atoms with Gasteiger partial charge in [0.1, 0.15) is 0 Å². The predicted molar refractivity (Wildman–Crippen MR) is 159 cm³/mol. The Balaban J connectivity index is 1.42. The van der Waals surface area contributed by atoms with Gasteiger partial charge in [-0.15, -0.1) is 11.3 Å². The number of hydrogen-bond donors (Lipinski definition) is 0. The molecule has 5 aromatic rings. The third-order valence-corrected chi connectivity index (χ3v) is 10.6. The lowest BCUT2D eigenvalue weighted by atomic mass is 9.78. The zero-order valence-electron chi connectivity index (χ0n) is 22.7. The maximum absolute atomic E-state index is 5.22. The van der Waals surface area contributed by atoms with E-state index in [4.69, 9.17) is 4.98 Å². The number of aryl methyl sites for hydroxylation is 4. The molecule has 1 aliphatic carbocycles.